The van der Waals surface area contributed by atoms with Crippen molar-refractivity contribution in [3.05, 3.63) is 35.3 Å². The maximum Gasteiger partial charge on any atom is 0.419 e. The molecule has 16 heteroatoms. The first kappa shape index (κ1) is 22.5. The summed E-state index contributed by atoms with van der Waals surface area (Å²) >= 11 is 0. The van der Waals surface area contributed by atoms with Crippen LogP contribution >= 0.6 is 0 Å². The Morgan fingerprint density at radius 3 is 2.66 bits per heavy atom. The molecule has 0 aliphatic carbocycles. The predicted molar refractivity (Wildman–Crippen MR) is 89.2 cm³/mol. The van der Waals surface area contributed by atoms with E-state index >= 15 is 0 Å². The van der Waals surface area contributed by atoms with Gasteiger partial charge < -0.3 is 5.32 Å². The van der Waals surface area contributed by atoms with Gasteiger partial charge in [-0.05, 0) is 22.4 Å². The van der Waals surface area contributed by atoms with Gasteiger partial charge in [-0.15, -0.1) is 0 Å². The van der Waals surface area contributed by atoms with Gasteiger partial charge in [-0.1, -0.05) is 0 Å². The van der Waals surface area contributed by atoms with E-state index in [1.165, 1.54) is 0 Å². The van der Waals surface area contributed by atoms with Crippen LogP contribution in [0.4, 0.5) is 29.1 Å². The number of hydrogen-bond donors (Lipinski definition) is 4. The molecule has 29 heavy (non-hydrogen) atoms. The van der Waals surface area contributed by atoms with Crippen LogP contribution in [0.15, 0.2) is 27.8 Å². The second kappa shape index (κ2) is 9.12. The molecular formula is C13H14F4N6O5S. The predicted octanol–water partition coefficient (Wildman–Crippen LogP) is 1.18. The molecule has 0 saturated heterocycles. The third-order valence-electron chi connectivity index (χ3n) is 3.20. The number of hydroxylamine groups is 1. The number of halogens is 4. The molecule has 2 rings (SSSR count). The van der Waals surface area contributed by atoms with Crippen LogP contribution in [0.2, 0.25) is 0 Å². The van der Waals surface area contributed by atoms with Gasteiger partial charge in [0.1, 0.15) is 5.82 Å². The number of aromatic nitrogens is 2. The molecule has 0 fully saturated rings. The maximum absolute atomic E-state index is 13.7. The first-order valence-electron chi connectivity index (χ1n) is 7.57. The number of aliphatic imine (C=N–C) groups is 1. The minimum absolute atomic E-state index is 0.0876. The normalized spacial score (nSPS) is 12.8. The van der Waals surface area contributed by atoms with Gasteiger partial charge in [0, 0.05) is 19.7 Å². The lowest BCUT2D eigenvalue weighted by atomic mass is 10.2. The largest absolute Gasteiger partial charge is 0.419 e. The molecule has 1 heterocycles. The third-order valence-corrected chi connectivity index (χ3v) is 4.18. The van der Waals surface area contributed by atoms with Crippen LogP contribution < -0.4 is 15.5 Å². The van der Waals surface area contributed by atoms with Crippen LogP contribution in [0, 0.1) is 5.82 Å². The van der Waals surface area contributed by atoms with Crippen molar-refractivity contribution in [3.63, 3.8) is 0 Å². The molecule has 0 amide bonds. The molecule has 1 aromatic heterocycles. The Morgan fingerprint density at radius 2 is 2.07 bits per heavy atom. The Morgan fingerprint density at radius 1 is 1.34 bits per heavy atom. The Kier molecular flexibility index (Phi) is 7.07. The third kappa shape index (κ3) is 6.08. The van der Waals surface area contributed by atoms with E-state index in [0.29, 0.717) is 12.1 Å². The number of nitrogens with one attached hydrogen (secondary N) is 3. The molecule has 0 atom stereocenters. The van der Waals surface area contributed by atoms with Gasteiger partial charge >= 0.3 is 16.5 Å². The minimum atomic E-state index is -4.87. The van der Waals surface area contributed by atoms with Crippen molar-refractivity contribution >= 4 is 27.6 Å². The van der Waals surface area contributed by atoms with Gasteiger partial charge in [-0.2, -0.15) is 26.3 Å². The number of rotatable bonds is 8. The summed E-state index contributed by atoms with van der Waals surface area (Å²) in [6.45, 7) is -0.394. The van der Waals surface area contributed by atoms with Crippen LogP contribution in [0.1, 0.15) is 11.3 Å². The highest BCUT2D eigenvalue weighted by molar-refractivity contribution is 7.84. The van der Waals surface area contributed by atoms with Gasteiger partial charge in [-0.3, -0.25) is 14.9 Å². The summed E-state index contributed by atoms with van der Waals surface area (Å²) in [5.74, 6) is -2.10. The lowest BCUT2D eigenvalue weighted by Crippen LogP contribution is -2.25. The van der Waals surface area contributed by atoms with Crippen molar-refractivity contribution < 1.29 is 40.0 Å². The van der Waals surface area contributed by atoms with E-state index < -0.39 is 33.7 Å². The van der Waals surface area contributed by atoms with E-state index in [1.807, 2.05) is 4.72 Å². The van der Waals surface area contributed by atoms with Crippen molar-refractivity contribution in [2.45, 2.75) is 6.18 Å². The van der Waals surface area contributed by atoms with Crippen LogP contribution in [0.25, 0.3) is 0 Å². The van der Waals surface area contributed by atoms with E-state index in [2.05, 4.69) is 29.4 Å². The lowest BCUT2D eigenvalue weighted by molar-refractivity contribution is -0.139. The Balaban J connectivity index is 2.17. The zero-order valence-corrected chi connectivity index (χ0v) is 15.3. The number of nitrogens with zero attached hydrogens (tertiary/aromatic N) is 3. The number of anilines is 1. The zero-order valence-electron chi connectivity index (χ0n) is 14.5. The molecule has 2 aromatic rings. The van der Waals surface area contributed by atoms with Gasteiger partial charge in [0.2, 0.25) is 5.82 Å². The van der Waals surface area contributed by atoms with E-state index in [0.717, 1.165) is 13.1 Å². The molecule has 0 spiro atoms. The molecule has 0 radical (unpaired) electrons. The topological polar surface area (TPSA) is 151 Å². The van der Waals surface area contributed by atoms with E-state index in [-0.39, 0.29) is 30.4 Å². The summed E-state index contributed by atoms with van der Waals surface area (Å²) in [5.41, 5.74) is -0.320. The fourth-order valence-corrected chi connectivity index (χ4v) is 2.32. The smallest absolute Gasteiger partial charge is 0.363 e. The van der Waals surface area contributed by atoms with Crippen LogP contribution in [0.3, 0.4) is 0 Å². The van der Waals surface area contributed by atoms with Gasteiger partial charge in [0.05, 0.1) is 17.9 Å². The Hall–Kier alpha value is -2.82. The van der Waals surface area contributed by atoms with E-state index in [4.69, 9.17) is 0 Å². The number of amidine groups is 1. The minimum Gasteiger partial charge on any atom is -0.363 e. The summed E-state index contributed by atoms with van der Waals surface area (Å²) in [6, 6.07) is 1.88. The summed E-state index contributed by atoms with van der Waals surface area (Å²) < 4.78 is 84.7. The lowest BCUT2D eigenvalue weighted by Gasteiger charge is -2.09. The summed E-state index contributed by atoms with van der Waals surface area (Å²) in [6.07, 6.45) is -4.87. The molecule has 0 aliphatic rings. The average molecular weight is 442 g/mol. The number of benzene rings is 1. The molecule has 11 nitrogen and oxygen atoms in total. The molecule has 160 valence electrons. The highest BCUT2D eigenvalue weighted by Gasteiger charge is 2.34. The van der Waals surface area contributed by atoms with Crippen molar-refractivity contribution in [3.8, 4) is 0 Å². The first-order valence-corrected chi connectivity index (χ1v) is 8.98. The second-order valence-electron chi connectivity index (χ2n) is 5.10. The fourth-order valence-electron chi connectivity index (χ4n) is 1.90. The molecule has 0 saturated carbocycles. The Labute approximate surface area is 160 Å². The van der Waals surface area contributed by atoms with Gasteiger partial charge in [0.25, 0.3) is 0 Å². The number of hydrogen-bond acceptors (Lipinski definition) is 9. The first-order chi connectivity index (χ1) is 13.6. The van der Waals surface area contributed by atoms with Crippen LogP contribution in [0.5, 0.6) is 0 Å². The molecule has 1 aromatic carbocycles. The maximum atomic E-state index is 13.7. The van der Waals surface area contributed by atoms with Crippen LogP contribution in [-0.4, -0.2) is 50.0 Å². The zero-order chi connectivity index (χ0) is 21.7. The Bertz CT molecular complexity index is 978. The summed E-state index contributed by atoms with van der Waals surface area (Å²) in [5, 5.41) is 18.8. The van der Waals surface area contributed by atoms with Crippen molar-refractivity contribution in [1.82, 2.24) is 20.5 Å². The monoisotopic (exact) mass is 442 g/mol. The highest BCUT2D eigenvalue weighted by Crippen LogP contribution is 2.33. The van der Waals surface area contributed by atoms with Crippen molar-refractivity contribution in [2.24, 2.45) is 4.99 Å². The van der Waals surface area contributed by atoms with E-state index in [9.17, 15) is 31.2 Å². The molecule has 4 N–H and O–H groups in total. The van der Waals surface area contributed by atoms with Gasteiger partial charge in [0.15, 0.2) is 11.5 Å². The average Bonchev–Trinajstić information content (AvgIpc) is 3.10. The molecule has 0 bridgehead atoms. The molecular weight excluding hydrogens is 428 g/mol. The van der Waals surface area contributed by atoms with Crippen molar-refractivity contribution in [1.29, 1.82) is 0 Å². The van der Waals surface area contributed by atoms with Gasteiger partial charge in [-0.25, -0.2) is 14.0 Å². The standard InChI is InChI=1S/C13H14F4N6O5S/c1-18-29(25,26)27-5-4-19-11-10(22-28-23-11)12(21-24)20-7-2-3-8(9(14)6-7)13(15,16)17/h2-3,6,18,24H,4-5H2,1H3,(H,19,23)(H,20,21). The number of alkyl halides is 3. The summed E-state index contributed by atoms with van der Waals surface area (Å²) in [4.78, 5) is 3.75. The molecule has 0 aliphatic heterocycles. The highest BCUT2D eigenvalue weighted by atomic mass is 32.2. The van der Waals surface area contributed by atoms with E-state index in [1.54, 1.807) is 5.48 Å². The van der Waals surface area contributed by atoms with Crippen molar-refractivity contribution in [2.75, 3.05) is 25.5 Å². The fraction of sp³-hybridized carbons (Fsp3) is 0.308. The SMILES string of the molecule is CNS(=O)(=O)OCCNc1nonc1C(=Nc1ccc(C(F)(F)F)c(F)c1)NO. The quantitative estimate of drug-likeness (QED) is 0.155. The van der Waals surface area contributed by atoms with Crippen LogP contribution in [-0.2, 0) is 20.7 Å². The second-order valence-corrected chi connectivity index (χ2v) is 6.65. The molecule has 0 unspecified atom stereocenters. The summed E-state index contributed by atoms with van der Waals surface area (Å²) in [7, 11) is -2.74.